The second-order valence-electron chi connectivity index (χ2n) is 9.12. The Labute approximate surface area is 225 Å². The van der Waals surface area contributed by atoms with E-state index in [2.05, 4.69) is 27.0 Å². The largest absolute Gasteiger partial charge is 0.490 e. The van der Waals surface area contributed by atoms with E-state index < -0.39 is 24.3 Å². The van der Waals surface area contributed by atoms with Crippen LogP contribution in [0, 0.1) is 5.92 Å². The number of hydrogen-bond donors (Lipinski definition) is 2. The number of ether oxygens (including phenoxy) is 2. The summed E-state index contributed by atoms with van der Waals surface area (Å²) in [5.74, 6) is -4.82. The first-order valence-corrected chi connectivity index (χ1v) is 12.0. The zero-order chi connectivity index (χ0) is 29.8. The van der Waals surface area contributed by atoms with Gasteiger partial charge in [-0.1, -0.05) is 12.1 Å². The number of pyridine rings is 2. The maximum absolute atomic E-state index is 10.6. The molecule has 2 saturated heterocycles. The van der Waals surface area contributed by atoms with E-state index in [-0.39, 0.29) is 5.60 Å². The summed E-state index contributed by atoms with van der Waals surface area (Å²) in [5, 5.41) is 14.2. The highest BCUT2D eigenvalue weighted by Gasteiger charge is 2.47. The van der Waals surface area contributed by atoms with Crippen molar-refractivity contribution in [3.8, 4) is 0 Å². The Morgan fingerprint density at radius 2 is 1.48 bits per heavy atom. The molecule has 1 unspecified atom stereocenters. The highest BCUT2D eigenvalue weighted by atomic mass is 19.4. The van der Waals surface area contributed by atoms with Crippen molar-refractivity contribution < 1.29 is 55.6 Å². The minimum absolute atomic E-state index is 0.0681. The van der Waals surface area contributed by atoms with Crippen LogP contribution in [0.25, 0.3) is 0 Å². The Hall–Kier alpha value is -3.30. The number of likely N-dealkylation sites (tertiary alicyclic amines) is 1. The normalized spacial score (nSPS) is 18.4. The number of aliphatic carboxylic acids is 2. The fourth-order valence-corrected chi connectivity index (χ4v) is 4.11. The molecule has 4 heterocycles. The Morgan fingerprint density at radius 1 is 0.950 bits per heavy atom. The molecule has 2 fully saturated rings. The predicted octanol–water partition coefficient (Wildman–Crippen LogP) is 4.33. The average Bonchev–Trinajstić information content (AvgIpc) is 2.87. The van der Waals surface area contributed by atoms with Gasteiger partial charge in [-0.25, -0.2) is 9.59 Å². The van der Waals surface area contributed by atoms with Crippen LogP contribution in [0.5, 0.6) is 0 Å². The van der Waals surface area contributed by atoms with Gasteiger partial charge in [-0.15, -0.1) is 0 Å². The van der Waals surface area contributed by atoms with Crippen molar-refractivity contribution in [2.75, 3.05) is 26.3 Å². The van der Waals surface area contributed by atoms with Crippen molar-refractivity contribution in [2.24, 2.45) is 5.92 Å². The van der Waals surface area contributed by atoms with Crippen molar-refractivity contribution >= 4 is 11.9 Å². The van der Waals surface area contributed by atoms with Gasteiger partial charge in [-0.3, -0.25) is 14.9 Å². The summed E-state index contributed by atoms with van der Waals surface area (Å²) >= 11 is 0. The Bertz CT molecular complexity index is 1030. The predicted molar refractivity (Wildman–Crippen MR) is 127 cm³/mol. The van der Waals surface area contributed by atoms with E-state index in [1.165, 1.54) is 0 Å². The molecule has 0 aliphatic carbocycles. The lowest BCUT2D eigenvalue weighted by Gasteiger charge is -2.53. The van der Waals surface area contributed by atoms with Gasteiger partial charge in [0.1, 0.15) is 0 Å². The van der Waals surface area contributed by atoms with E-state index in [1.54, 1.807) is 0 Å². The number of rotatable bonds is 7. The Kier molecular flexibility index (Phi) is 12.3. The van der Waals surface area contributed by atoms with Crippen molar-refractivity contribution in [1.82, 2.24) is 14.9 Å². The topological polar surface area (TPSA) is 122 Å². The third-order valence-corrected chi connectivity index (χ3v) is 5.86. The van der Waals surface area contributed by atoms with Crippen LogP contribution in [0.3, 0.4) is 0 Å². The highest BCUT2D eigenvalue weighted by Crippen LogP contribution is 2.38. The second kappa shape index (κ2) is 14.9. The van der Waals surface area contributed by atoms with E-state index >= 15 is 0 Å². The summed E-state index contributed by atoms with van der Waals surface area (Å²) < 4.78 is 75.5. The zero-order valence-corrected chi connectivity index (χ0v) is 21.2. The molecule has 2 aromatic heterocycles. The summed E-state index contributed by atoms with van der Waals surface area (Å²) in [7, 11) is 0. The number of aromatic nitrogens is 2. The third kappa shape index (κ3) is 11.8. The van der Waals surface area contributed by atoms with Crippen LogP contribution >= 0.6 is 0 Å². The summed E-state index contributed by atoms with van der Waals surface area (Å²) in [5.41, 5.74) is 2.20. The van der Waals surface area contributed by atoms with Crippen LogP contribution in [-0.2, 0) is 32.2 Å². The molecule has 2 N–H and O–H groups in total. The first-order valence-electron chi connectivity index (χ1n) is 12.0. The lowest BCUT2D eigenvalue weighted by molar-refractivity contribution is -0.193. The first-order chi connectivity index (χ1) is 18.7. The van der Waals surface area contributed by atoms with Crippen LogP contribution in [0.4, 0.5) is 26.3 Å². The van der Waals surface area contributed by atoms with Crippen LogP contribution in [0.2, 0.25) is 0 Å². The smallest absolute Gasteiger partial charge is 0.475 e. The van der Waals surface area contributed by atoms with E-state index in [9.17, 15) is 26.3 Å². The minimum Gasteiger partial charge on any atom is -0.475 e. The monoisotopic (exact) mass is 581 g/mol. The van der Waals surface area contributed by atoms with Crippen molar-refractivity contribution in [3.63, 3.8) is 0 Å². The van der Waals surface area contributed by atoms with Gasteiger partial charge >= 0.3 is 24.3 Å². The highest BCUT2D eigenvalue weighted by molar-refractivity contribution is 5.73. The summed E-state index contributed by atoms with van der Waals surface area (Å²) in [6.07, 6.45) is -3.08. The zero-order valence-electron chi connectivity index (χ0n) is 21.2. The number of carboxylic acid groups (broad SMARTS) is 2. The number of carbonyl (C=O) groups is 2. The molecule has 0 radical (unpaired) electrons. The molecule has 4 rings (SSSR count). The van der Waals surface area contributed by atoms with Crippen molar-refractivity contribution in [1.29, 1.82) is 0 Å². The van der Waals surface area contributed by atoms with Gasteiger partial charge < -0.3 is 19.7 Å². The summed E-state index contributed by atoms with van der Waals surface area (Å²) in [6.45, 7) is 5.25. The molecule has 222 valence electrons. The van der Waals surface area contributed by atoms with Gasteiger partial charge in [0.2, 0.25) is 0 Å². The fraction of sp³-hybridized carbons (Fsp3) is 0.520. The van der Waals surface area contributed by atoms with Gasteiger partial charge in [0.25, 0.3) is 0 Å². The molecule has 2 aromatic rings. The average molecular weight is 582 g/mol. The maximum atomic E-state index is 10.6. The van der Waals surface area contributed by atoms with E-state index in [0.717, 1.165) is 63.5 Å². The molecule has 0 amide bonds. The van der Waals surface area contributed by atoms with Gasteiger partial charge in [-0.05, 0) is 49.4 Å². The lowest BCUT2D eigenvalue weighted by Crippen LogP contribution is -2.64. The minimum atomic E-state index is -5.08. The number of alkyl halides is 6. The molecule has 0 aromatic carbocycles. The van der Waals surface area contributed by atoms with Crippen LogP contribution < -0.4 is 0 Å². The molecular formula is C25H29F6N3O6. The van der Waals surface area contributed by atoms with Gasteiger partial charge in [-0.2, -0.15) is 26.3 Å². The van der Waals surface area contributed by atoms with Gasteiger partial charge in [0, 0.05) is 45.2 Å². The molecule has 40 heavy (non-hydrogen) atoms. The SMILES string of the molecule is O=C(O)C(F)(F)F.O=C(O)C(F)(F)F.c1ccc(COCCC2CCOC3(C2)CN(Cc2ccccn2)C3)nc1. The molecule has 0 saturated carbocycles. The molecule has 0 bridgehead atoms. The van der Waals surface area contributed by atoms with Crippen molar-refractivity contribution in [2.45, 2.75) is 50.4 Å². The van der Waals surface area contributed by atoms with E-state index in [1.807, 2.05) is 36.7 Å². The summed E-state index contributed by atoms with van der Waals surface area (Å²) in [4.78, 5) is 28.9. The molecule has 2 aliphatic heterocycles. The van der Waals surface area contributed by atoms with Crippen LogP contribution in [-0.4, -0.2) is 81.3 Å². The molecule has 1 spiro atoms. The Morgan fingerprint density at radius 3 is 1.95 bits per heavy atom. The first kappa shape index (κ1) is 32.9. The molecule has 9 nitrogen and oxygen atoms in total. The van der Waals surface area contributed by atoms with E-state index in [0.29, 0.717) is 12.5 Å². The summed E-state index contributed by atoms with van der Waals surface area (Å²) in [6, 6.07) is 12.0. The maximum Gasteiger partial charge on any atom is 0.490 e. The van der Waals surface area contributed by atoms with Crippen LogP contribution in [0.1, 0.15) is 30.7 Å². The number of halogens is 6. The number of carboxylic acids is 2. The lowest BCUT2D eigenvalue weighted by atomic mass is 9.79. The standard InChI is InChI=1S/C21H27N3O2.2C2HF3O2/c1-3-9-22-19(5-1)14-24-16-21(17-24)13-18(8-12-26-21)7-11-25-15-20-6-2-4-10-23-20;2*3-2(4,5)1(6)7/h1-6,9-10,18H,7-8,11-17H2;2*(H,6,7). The van der Waals surface area contributed by atoms with Gasteiger partial charge in [0.05, 0.1) is 23.6 Å². The molecule has 1 atom stereocenters. The fourth-order valence-electron chi connectivity index (χ4n) is 4.11. The molecule has 2 aliphatic rings. The Balaban J connectivity index is 0.000000333. The molecular weight excluding hydrogens is 552 g/mol. The quantitative estimate of drug-likeness (QED) is 0.364. The second-order valence-corrected chi connectivity index (χ2v) is 9.12. The number of hydrogen-bond acceptors (Lipinski definition) is 7. The van der Waals surface area contributed by atoms with Gasteiger partial charge in [0.15, 0.2) is 0 Å². The van der Waals surface area contributed by atoms with E-state index in [4.69, 9.17) is 29.3 Å². The molecule has 15 heteroatoms. The third-order valence-electron chi connectivity index (χ3n) is 5.86. The van der Waals surface area contributed by atoms with Crippen LogP contribution in [0.15, 0.2) is 48.8 Å². The van der Waals surface area contributed by atoms with Crippen molar-refractivity contribution in [3.05, 3.63) is 60.2 Å². The number of nitrogens with zero attached hydrogens (tertiary/aromatic N) is 3.